The van der Waals surface area contributed by atoms with Gasteiger partial charge in [0.15, 0.2) is 5.96 Å². The van der Waals surface area contributed by atoms with Crippen LogP contribution in [-0.4, -0.2) is 50.1 Å². The maximum Gasteiger partial charge on any atom is 0.191 e. The number of piperidine rings is 1. The SMILES string of the molecule is C=C(C)CN1CCC(NC(=NC)NCC(CC)CC)CC1.I. The molecule has 1 rings (SSSR count). The van der Waals surface area contributed by atoms with E-state index in [2.05, 4.69) is 47.9 Å². The zero-order valence-electron chi connectivity index (χ0n) is 14.8. The molecule has 1 saturated heterocycles. The number of nitrogens with one attached hydrogen (secondary N) is 2. The van der Waals surface area contributed by atoms with Crippen LogP contribution in [0.15, 0.2) is 17.1 Å². The van der Waals surface area contributed by atoms with Crippen molar-refractivity contribution in [1.29, 1.82) is 0 Å². The van der Waals surface area contributed by atoms with Gasteiger partial charge in [-0.15, -0.1) is 24.0 Å². The van der Waals surface area contributed by atoms with E-state index in [4.69, 9.17) is 0 Å². The van der Waals surface area contributed by atoms with Crippen molar-refractivity contribution in [3.63, 3.8) is 0 Å². The molecule has 0 unspecified atom stereocenters. The summed E-state index contributed by atoms with van der Waals surface area (Å²) in [6.07, 6.45) is 4.80. The fraction of sp³-hybridized carbons (Fsp3) is 0.824. The predicted octanol–water partition coefficient (Wildman–Crippen LogP) is 3.25. The summed E-state index contributed by atoms with van der Waals surface area (Å²) < 4.78 is 0. The average Bonchev–Trinajstić information content (AvgIpc) is 2.48. The Morgan fingerprint density at radius 3 is 2.32 bits per heavy atom. The third-order valence-corrected chi connectivity index (χ3v) is 4.36. The average molecular weight is 422 g/mol. The normalized spacial score (nSPS) is 17.2. The minimum absolute atomic E-state index is 0. The second-order valence-corrected chi connectivity index (χ2v) is 6.29. The molecule has 1 aliphatic heterocycles. The van der Waals surface area contributed by atoms with Crippen LogP contribution >= 0.6 is 24.0 Å². The van der Waals surface area contributed by atoms with Crippen molar-refractivity contribution in [1.82, 2.24) is 15.5 Å². The Balaban J connectivity index is 0.00000441. The van der Waals surface area contributed by atoms with E-state index >= 15 is 0 Å². The predicted molar refractivity (Wildman–Crippen MR) is 108 cm³/mol. The van der Waals surface area contributed by atoms with E-state index in [0.717, 1.165) is 38.1 Å². The number of halogens is 1. The quantitative estimate of drug-likeness (QED) is 0.286. The number of hydrogen-bond acceptors (Lipinski definition) is 2. The minimum Gasteiger partial charge on any atom is -0.356 e. The fourth-order valence-corrected chi connectivity index (χ4v) is 2.82. The molecule has 0 atom stereocenters. The molecular weight excluding hydrogens is 387 g/mol. The van der Waals surface area contributed by atoms with Crippen molar-refractivity contribution in [3.05, 3.63) is 12.2 Å². The molecule has 1 fully saturated rings. The van der Waals surface area contributed by atoms with E-state index in [-0.39, 0.29) is 24.0 Å². The van der Waals surface area contributed by atoms with Crippen molar-refractivity contribution >= 4 is 29.9 Å². The summed E-state index contributed by atoms with van der Waals surface area (Å²) in [6.45, 7) is 15.0. The molecule has 0 bridgehead atoms. The van der Waals surface area contributed by atoms with Crippen molar-refractivity contribution in [3.8, 4) is 0 Å². The molecule has 0 aromatic carbocycles. The number of likely N-dealkylation sites (tertiary alicyclic amines) is 1. The number of rotatable bonds is 7. The Bertz CT molecular complexity index is 332. The van der Waals surface area contributed by atoms with E-state index in [9.17, 15) is 0 Å². The van der Waals surface area contributed by atoms with Crippen LogP contribution in [0.2, 0.25) is 0 Å². The Hall–Kier alpha value is -0.300. The van der Waals surface area contributed by atoms with Crippen molar-refractivity contribution in [2.75, 3.05) is 33.2 Å². The van der Waals surface area contributed by atoms with Crippen molar-refractivity contribution in [2.45, 2.75) is 52.5 Å². The topological polar surface area (TPSA) is 39.7 Å². The van der Waals surface area contributed by atoms with Gasteiger partial charge < -0.3 is 10.6 Å². The Morgan fingerprint density at radius 2 is 1.86 bits per heavy atom. The molecule has 0 saturated carbocycles. The molecule has 130 valence electrons. The van der Waals surface area contributed by atoms with Crippen molar-refractivity contribution < 1.29 is 0 Å². The molecule has 0 spiro atoms. The standard InChI is InChI=1S/C17H34N4.HI/c1-6-15(7-2)12-19-17(18-5)20-16-8-10-21(11-9-16)13-14(3)4;/h15-16H,3,6-13H2,1-2,4-5H3,(H2,18,19,20);1H. The molecule has 0 aromatic rings. The lowest BCUT2D eigenvalue weighted by molar-refractivity contribution is 0.221. The van der Waals surface area contributed by atoms with Crippen LogP contribution in [0.3, 0.4) is 0 Å². The molecule has 1 aliphatic rings. The highest BCUT2D eigenvalue weighted by Gasteiger charge is 2.19. The molecule has 0 radical (unpaired) electrons. The summed E-state index contributed by atoms with van der Waals surface area (Å²) in [5, 5.41) is 7.05. The van der Waals surface area contributed by atoms with Gasteiger partial charge in [-0.05, 0) is 25.7 Å². The van der Waals surface area contributed by atoms with E-state index in [0.29, 0.717) is 6.04 Å². The molecule has 2 N–H and O–H groups in total. The largest absolute Gasteiger partial charge is 0.356 e. The van der Waals surface area contributed by atoms with Crippen LogP contribution in [0, 0.1) is 5.92 Å². The lowest BCUT2D eigenvalue weighted by Crippen LogP contribution is -2.49. The molecule has 1 heterocycles. The first-order valence-electron chi connectivity index (χ1n) is 8.42. The van der Waals surface area contributed by atoms with Gasteiger partial charge in [0.1, 0.15) is 0 Å². The summed E-state index contributed by atoms with van der Waals surface area (Å²) in [5.74, 6) is 1.70. The molecule has 5 heteroatoms. The monoisotopic (exact) mass is 422 g/mol. The van der Waals surface area contributed by atoms with Gasteiger partial charge in [0, 0.05) is 39.3 Å². The summed E-state index contributed by atoms with van der Waals surface area (Å²) in [7, 11) is 1.86. The van der Waals surface area contributed by atoms with E-state index in [1.54, 1.807) is 0 Å². The van der Waals surface area contributed by atoms with Gasteiger partial charge in [0.25, 0.3) is 0 Å². The van der Waals surface area contributed by atoms with Crippen molar-refractivity contribution in [2.24, 2.45) is 10.9 Å². The molecule has 4 nitrogen and oxygen atoms in total. The number of hydrogen-bond donors (Lipinski definition) is 2. The second kappa shape index (κ2) is 12.2. The zero-order valence-corrected chi connectivity index (χ0v) is 17.2. The molecule has 0 aliphatic carbocycles. The second-order valence-electron chi connectivity index (χ2n) is 6.29. The van der Waals surface area contributed by atoms with E-state index in [1.807, 2.05) is 7.05 Å². The first kappa shape index (κ1) is 21.7. The van der Waals surface area contributed by atoms with Crippen LogP contribution < -0.4 is 10.6 Å². The van der Waals surface area contributed by atoms with Crippen LogP contribution in [0.1, 0.15) is 46.5 Å². The summed E-state index contributed by atoms with van der Waals surface area (Å²) >= 11 is 0. The zero-order chi connectivity index (χ0) is 15.7. The smallest absolute Gasteiger partial charge is 0.191 e. The van der Waals surface area contributed by atoms with E-state index in [1.165, 1.54) is 31.3 Å². The van der Waals surface area contributed by atoms with Gasteiger partial charge in [-0.1, -0.05) is 38.8 Å². The third kappa shape index (κ3) is 8.36. The minimum atomic E-state index is 0. The van der Waals surface area contributed by atoms with Gasteiger partial charge in [0.2, 0.25) is 0 Å². The Kier molecular flexibility index (Phi) is 12.0. The Labute approximate surface area is 154 Å². The number of guanidine groups is 1. The van der Waals surface area contributed by atoms with Gasteiger partial charge in [0.05, 0.1) is 0 Å². The van der Waals surface area contributed by atoms with Crippen LogP contribution in [0.25, 0.3) is 0 Å². The third-order valence-electron chi connectivity index (χ3n) is 4.36. The molecule has 22 heavy (non-hydrogen) atoms. The van der Waals surface area contributed by atoms with Crippen LogP contribution in [0.4, 0.5) is 0 Å². The number of aliphatic imine (C=N–C) groups is 1. The highest BCUT2D eigenvalue weighted by Crippen LogP contribution is 2.11. The maximum absolute atomic E-state index is 4.36. The first-order valence-corrected chi connectivity index (χ1v) is 8.42. The Morgan fingerprint density at radius 1 is 1.27 bits per heavy atom. The highest BCUT2D eigenvalue weighted by atomic mass is 127. The first-order chi connectivity index (χ1) is 10.1. The summed E-state index contributed by atoms with van der Waals surface area (Å²) in [5.41, 5.74) is 1.25. The van der Waals surface area contributed by atoms with Gasteiger partial charge in [-0.2, -0.15) is 0 Å². The molecular formula is C17H35IN4. The van der Waals surface area contributed by atoms with Crippen LogP contribution in [0.5, 0.6) is 0 Å². The lowest BCUT2D eigenvalue weighted by atomic mass is 10.0. The van der Waals surface area contributed by atoms with Crippen LogP contribution in [-0.2, 0) is 0 Å². The fourth-order valence-electron chi connectivity index (χ4n) is 2.82. The number of nitrogens with zero attached hydrogens (tertiary/aromatic N) is 2. The highest BCUT2D eigenvalue weighted by molar-refractivity contribution is 14.0. The van der Waals surface area contributed by atoms with Gasteiger partial charge in [-0.25, -0.2) is 0 Å². The maximum atomic E-state index is 4.36. The van der Waals surface area contributed by atoms with Gasteiger partial charge in [-0.3, -0.25) is 9.89 Å². The summed E-state index contributed by atoms with van der Waals surface area (Å²) in [6, 6.07) is 0.541. The molecule has 0 amide bonds. The van der Waals surface area contributed by atoms with E-state index < -0.39 is 0 Å². The molecule has 0 aromatic heterocycles. The lowest BCUT2D eigenvalue weighted by Gasteiger charge is -2.33. The van der Waals surface area contributed by atoms with Gasteiger partial charge >= 0.3 is 0 Å². The summed E-state index contributed by atoms with van der Waals surface area (Å²) in [4.78, 5) is 6.84.